The van der Waals surface area contributed by atoms with E-state index in [2.05, 4.69) is 55.0 Å². The molecule has 1 aromatic carbocycles. The number of anilines is 2. The minimum absolute atomic E-state index is 0.332. The predicted octanol–water partition coefficient (Wildman–Crippen LogP) is 4.95. The molecule has 4 aromatic heterocycles. The number of rotatable bonds is 11. The lowest BCUT2D eigenvalue weighted by molar-refractivity contribution is 0.425. The third-order valence-corrected chi connectivity index (χ3v) is 6.66. The fourth-order valence-corrected chi connectivity index (χ4v) is 4.54. The molecule has 5 rings (SSSR count). The minimum Gasteiger partial charge on any atom is -0.397 e. The molecule has 0 fully saturated rings. The van der Waals surface area contributed by atoms with Gasteiger partial charge in [-0.3, -0.25) is 4.98 Å². The number of fused-ring (bicyclic) bond motifs is 1. The van der Waals surface area contributed by atoms with Crippen LogP contribution in [-0.2, 0) is 6.54 Å². The molecule has 0 bridgehead atoms. The molecule has 0 radical (unpaired) electrons. The molecular weight excluding hydrogens is 517 g/mol. The topological polar surface area (TPSA) is 121 Å². The van der Waals surface area contributed by atoms with Gasteiger partial charge in [0.15, 0.2) is 5.65 Å². The minimum atomic E-state index is -0.332. The highest BCUT2D eigenvalue weighted by Gasteiger charge is 2.17. The first-order valence-electron chi connectivity index (χ1n) is 13.5. The van der Waals surface area contributed by atoms with Crippen LogP contribution in [-0.4, -0.2) is 63.5 Å². The summed E-state index contributed by atoms with van der Waals surface area (Å²) in [7, 11) is 3.99. The van der Waals surface area contributed by atoms with Crippen LogP contribution in [0, 0.1) is 5.82 Å². The van der Waals surface area contributed by atoms with Crippen LogP contribution in [0.3, 0.4) is 0 Å². The lowest BCUT2D eigenvalue weighted by Crippen LogP contribution is -2.20. The second-order valence-electron chi connectivity index (χ2n) is 10.1. The molecule has 4 heterocycles. The van der Waals surface area contributed by atoms with Crippen LogP contribution in [0.25, 0.3) is 39.1 Å². The van der Waals surface area contributed by atoms with Crippen LogP contribution in [0.2, 0.25) is 0 Å². The van der Waals surface area contributed by atoms with E-state index in [4.69, 9.17) is 10.7 Å². The number of H-pyrrole nitrogens is 1. The van der Waals surface area contributed by atoms with Crippen LogP contribution in [0.5, 0.6) is 0 Å². The van der Waals surface area contributed by atoms with Gasteiger partial charge in [0.25, 0.3) is 0 Å². The number of hydrogen-bond donors (Lipinski definition) is 4. The van der Waals surface area contributed by atoms with Crippen molar-refractivity contribution in [2.24, 2.45) is 0 Å². The molecule has 10 heteroatoms. The summed E-state index contributed by atoms with van der Waals surface area (Å²) >= 11 is 0. The Bertz CT molecular complexity index is 1690. The standard InChI is InChI=1S/C31H34FN9/c1-5-34-16-20-12-22(18-35-17-20)27-7-6-26(33)28(38-27)19(2)30-39-29-25(8-9-37-31(29)40-30)21-13-23(32)15-24(14-21)36-10-11-41(3)4/h6-9,12-15,17-18,34,36H,2,5,10-11,16,33H2,1,3-4H3,(H,37,39,40). The van der Waals surface area contributed by atoms with Crippen molar-refractivity contribution >= 4 is 28.1 Å². The molecule has 0 unspecified atom stereocenters. The summed E-state index contributed by atoms with van der Waals surface area (Å²) in [5, 5.41) is 6.60. The Morgan fingerprint density at radius 2 is 1.93 bits per heavy atom. The summed E-state index contributed by atoms with van der Waals surface area (Å²) in [6.07, 6.45) is 5.28. The quantitative estimate of drug-likeness (QED) is 0.182. The zero-order valence-electron chi connectivity index (χ0n) is 23.5. The van der Waals surface area contributed by atoms with E-state index in [0.717, 1.165) is 42.0 Å². The Kier molecular flexibility index (Phi) is 8.32. The fourth-order valence-electron chi connectivity index (χ4n) is 4.54. The van der Waals surface area contributed by atoms with Crippen molar-refractivity contribution in [1.82, 2.24) is 35.1 Å². The molecular formula is C31H34FN9. The molecule has 5 aromatic rings. The molecule has 5 N–H and O–H groups in total. The summed E-state index contributed by atoms with van der Waals surface area (Å²) in [6, 6.07) is 12.5. The summed E-state index contributed by atoms with van der Waals surface area (Å²) in [4.78, 5) is 23.7. The number of nitrogens with zero attached hydrogens (tertiary/aromatic N) is 5. The molecule has 0 spiro atoms. The number of aromatic amines is 1. The van der Waals surface area contributed by atoms with Crippen molar-refractivity contribution in [1.29, 1.82) is 0 Å². The third kappa shape index (κ3) is 6.40. The number of likely N-dealkylation sites (N-methyl/N-ethyl adjacent to an activating group) is 1. The van der Waals surface area contributed by atoms with Crippen LogP contribution >= 0.6 is 0 Å². The maximum Gasteiger partial charge on any atom is 0.178 e. The van der Waals surface area contributed by atoms with Crippen LogP contribution in [0.4, 0.5) is 15.8 Å². The van der Waals surface area contributed by atoms with E-state index < -0.39 is 0 Å². The highest BCUT2D eigenvalue weighted by Crippen LogP contribution is 2.32. The van der Waals surface area contributed by atoms with Gasteiger partial charge in [-0.2, -0.15) is 0 Å². The molecule has 0 aliphatic carbocycles. The summed E-state index contributed by atoms with van der Waals surface area (Å²) in [6.45, 7) is 9.44. The number of hydrogen-bond acceptors (Lipinski definition) is 8. The number of pyridine rings is 3. The first kappa shape index (κ1) is 27.9. The smallest absolute Gasteiger partial charge is 0.178 e. The van der Waals surface area contributed by atoms with E-state index in [-0.39, 0.29) is 5.82 Å². The van der Waals surface area contributed by atoms with Crippen molar-refractivity contribution in [3.05, 3.63) is 90.5 Å². The monoisotopic (exact) mass is 551 g/mol. The average molecular weight is 552 g/mol. The van der Waals surface area contributed by atoms with E-state index in [0.29, 0.717) is 51.7 Å². The number of aromatic nitrogens is 5. The van der Waals surface area contributed by atoms with Crippen molar-refractivity contribution in [2.75, 3.05) is 44.8 Å². The molecule has 0 saturated carbocycles. The van der Waals surface area contributed by atoms with E-state index in [1.54, 1.807) is 12.4 Å². The number of nitrogens with two attached hydrogens (primary N) is 1. The lowest BCUT2D eigenvalue weighted by atomic mass is 10.0. The van der Waals surface area contributed by atoms with E-state index in [9.17, 15) is 4.39 Å². The second kappa shape index (κ2) is 12.2. The number of benzene rings is 1. The van der Waals surface area contributed by atoms with Crippen molar-refractivity contribution in [3.8, 4) is 22.4 Å². The number of imidazole rings is 1. The van der Waals surface area contributed by atoms with Crippen molar-refractivity contribution < 1.29 is 4.39 Å². The largest absolute Gasteiger partial charge is 0.397 e. The van der Waals surface area contributed by atoms with Crippen molar-refractivity contribution in [3.63, 3.8) is 0 Å². The summed E-state index contributed by atoms with van der Waals surface area (Å²) < 4.78 is 14.6. The maximum atomic E-state index is 14.6. The maximum absolute atomic E-state index is 14.6. The lowest BCUT2D eigenvalue weighted by Gasteiger charge is -2.13. The van der Waals surface area contributed by atoms with Gasteiger partial charge in [0.05, 0.1) is 22.6 Å². The Hall–Kier alpha value is -4.67. The fraction of sp³-hybridized carbons (Fsp3) is 0.226. The molecule has 0 saturated heterocycles. The van der Waals surface area contributed by atoms with Crippen molar-refractivity contribution in [2.45, 2.75) is 13.5 Å². The Morgan fingerprint density at radius 3 is 2.73 bits per heavy atom. The van der Waals surface area contributed by atoms with E-state index in [1.165, 1.54) is 12.1 Å². The molecule has 210 valence electrons. The molecule has 0 amide bonds. The average Bonchev–Trinajstić information content (AvgIpc) is 3.40. The summed E-state index contributed by atoms with van der Waals surface area (Å²) in [5.74, 6) is 0.151. The van der Waals surface area contributed by atoms with Gasteiger partial charge >= 0.3 is 0 Å². The van der Waals surface area contributed by atoms with Gasteiger partial charge in [0, 0.05) is 60.6 Å². The van der Waals surface area contributed by atoms with Gasteiger partial charge in [-0.25, -0.2) is 19.3 Å². The molecule has 0 aliphatic rings. The Labute approximate surface area is 238 Å². The van der Waals surface area contributed by atoms with E-state index in [1.807, 2.05) is 44.6 Å². The first-order chi connectivity index (χ1) is 19.8. The van der Waals surface area contributed by atoms with Crippen LogP contribution in [0.1, 0.15) is 24.0 Å². The zero-order chi connectivity index (χ0) is 28.9. The van der Waals surface area contributed by atoms with Crippen LogP contribution in [0.15, 0.2) is 67.6 Å². The van der Waals surface area contributed by atoms with Gasteiger partial charge in [0.2, 0.25) is 0 Å². The van der Waals surface area contributed by atoms with Gasteiger partial charge < -0.3 is 26.3 Å². The van der Waals surface area contributed by atoms with Gasteiger partial charge in [-0.15, -0.1) is 0 Å². The van der Waals surface area contributed by atoms with Gasteiger partial charge in [-0.05, 0) is 74.2 Å². The predicted molar refractivity (Wildman–Crippen MR) is 164 cm³/mol. The third-order valence-electron chi connectivity index (χ3n) is 6.66. The van der Waals surface area contributed by atoms with Gasteiger partial charge in [0.1, 0.15) is 11.6 Å². The number of nitrogens with one attached hydrogen (secondary N) is 3. The Balaban J connectivity index is 1.47. The van der Waals surface area contributed by atoms with E-state index >= 15 is 0 Å². The molecule has 9 nitrogen and oxygen atoms in total. The molecule has 0 atom stereocenters. The highest BCUT2D eigenvalue weighted by molar-refractivity contribution is 5.93. The summed E-state index contributed by atoms with van der Waals surface area (Å²) in [5.41, 5.74) is 13.9. The normalized spacial score (nSPS) is 11.3. The molecule has 41 heavy (non-hydrogen) atoms. The number of nitrogen functional groups attached to an aromatic ring is 1. The van der Waals surface area contributed by atoms with Crippen LogP contribution < -0.4 is 16.4 Å². The molecule has 0 aliphatic heterocycles. The van der Waals surface area contributed by atoms with Gasteiger partial charge in [-0.1, -0.05) is 13.5 Å². The SMILES string of the molecule is C=C(c1nc2nccc(-c3cc(F)cc(NCCN(C)C)c3)c2[nH]1)c1nc(-c2cncc(CNCC)c2)ccc1N. The zero-order valence-corrected chi connectivity index (χ0v) is 23.5. The first-order valence-corrected chi connectivity index (χ1v) is 13.5. The Morgan fingerprint density at radius 1 is 1.07 bits per heavy atom. The number of halogens is 1. The highest BCUT2D eigenvalue weighted by atomic mass is 19.1. The second-order valence-corrected chi connectivity index (χ2v) is 10.1.